The zero-order valence-corrected chi connectivity index (χ0v) is 14.4. The van der Waals surface area contributed by atoms with Crippen molar-refractivity contribution in [2.45, 2.75) is 62.1 Å². The van der Waals surface area contributed by atoms with Crippen molar-refractivity contribution in [2.24, 2.45) is 0 Å². The Kier molecular flexibility index (Phi) is 5.79. The van der Waals surface area contributed by atoms with E-state index >= 15 is 0 Å². The fraction of sp³-hybridized carbons (Fsp3) is 0.714. The minimum Gasteiger partial charge on any atom is -0.380 e. The fourth-order valence-corrected chi connectivity index (χ4v) is 5.12. The van der Waals surface area contributed by atoms with Gasteiger partial charge < -0.3 is 10.1 Å². The lowest BCUT2D eigenvalue weighted by Crippen LogP contribution is -2.40. The highest BCUT2D eigenvalue weighted by Gasteiger charge is 2.31. The van der Waals surface area contributed by atoms with Gasteiger partial charge in [0, 0.05) is 30.6 Å². The van der Waals surface area contributed by atoms with Gasteiger partial charge in [-0.25, -0.2) is 13.1 Å². The maximum Gasteiger partial charge on any atom is 0.250 e. The van der Waals surface area contributed by atoms with Crippen LogP contribution in [0.1, 0.15) is 38.0 Å². The third-order valence-electron chi connectivity index (χ3n) is 3.65. The van der Waals surface area contributed by atoms with E-state index in [-0.39, 0.29) is 12.1 Å². The van der Waals surface area contributed by atoms with Crippen molar-refractivity contribution >= 4 is 21.4 Å². The number of methoxy groups -OCH3 is 1. The molecule has 0 aliphatic heterocycles. The zero-order chi connectivity index (χ0) is 15.5. The summed E-state index contributed by atoms with van der Waals surface area (Å²) in [6, 6.07) is 3.82. The van der Waals surface area contributed by atoms with Crippen molar-refractivity contribution in [1.29, 1.82) is 0 Å². The van der Waals surface area contributed by atoms with Crippen LogP contribution in [-0.4, -0.2) is 33.7 Å². The smallest absolute Gasteiger partial charge is 0.250 e. The molecule has 1 aliphatic carbocycles. The second-order valence-electron chi connectivity index (χ2n) is 5.69. The van der Waals surface area contributed by atoms with Gasteiger partial charge in [-0.1, -0.05) is 13.8 Å². The molecule has 21 heavy (non-hydrogen) atoms. The zero-order valence-electron chi connectivity index (χ0n) is 12.8. The number of thiophene rings is 1. The van der Waals surface area contributed by atoms with Gasteiger partial charge in [0.1, 0.15) is 4.21 Å². The molecule has 2 unspecified atom stereocenters. The van der Waals surface area contributed by atoms with E-state index in [1.54, 1.807) is 13.2 Å². The summed E-state index contributed by atoms with van der Waals surface area (Å²) in [5, 5.41) is 3.29. The van der Waals surface area contributed by atoms with Gasteiger partial charge in [-0.3, -0.25) is 0 Å². The Balaban J connectivity index is 2.02. The Bertz CT molecular complexity index is 554. The SMILES string of the molecule is COC1CCCC1NS(=O)(=O)c1ccc(CNC(C)C)s1. The van der Waals surface area contributed by atoms with E-state index in [0.29, 0.717) is 16.8 Å². The molecular weight excluding hydrogens is 308 g/mol. The highest BCUT2D eigenvalue weighted by molar-refractivity contribution is 7.91. The van der Waals surface area contributed by atoms with E-state index in [4.69, 9.17) is 4.74 Å². The molecule has 120 valence electrons. The minimum atomic E-state index is -3.44. The van der Waals surface area contributed by atoms with Crippen LogP contribution in [0.25, 0.3) is 0 Å². The van der Waals surface area contributed by atoms with Crippen LogP contribution >= 0.6 is 11.3 Å². The van der Waals surface area contributed by atoms with Crippen LogP contribution < -0.4 is 10.0 Å². The predicted molar refractivity (Wildman–Crippen MR) is 85.1 cm³/mol. The molecule has 1 aromatic rings. The first-order valence-corrected chi connectivity index (χ1v) is 9.59. The average molecular weight is 332 g/mol. The number of ether oxygens (including phenoxy) is 1. The van der Waals surface area contributed by atoms with Crippen molar-refractivity contribution in [2.75, 3.05) is 7.11 Å². The first-order valence-electron chi connectivity index (χ1n) is 7.29. The third-order valence-corrected chi connectivity index (χ3v) is 6.72. The standard InChI is InChI=1S/C14H24N2O3S2/c1-10(2)15-9-11-7-8-14(20-11)21(17,18)16-12-5-4-6-13(12)19-3/h7-8,10,12-13,15-16H,4-6,9H2,1-3H3. The summed E-state index contributed by atoms with van der Waals surface area (Å²) in [7, 11) is -1.81. The number of hydrogen-bond donors (Lipinski definition) is 2. The van der Waals surface area contributed by atoms with Crippen molar-refractivity contribution in [3.63, 3.8) is 0 Å². The molecule has 1 saturated carbocycles. The summed E-state index contributed by atoms with van der Waals surface area (Å²) in [5.74, 6) is 0. The summed E-state index contributed by atoms with van der Waals surface area (Å²) in [4.78, 5) is 1.03. The molecule has 0 spiro atoms. The monoisotopic (exact) mass is 332 g/mol. The van der Waals surface area contributed by atoms with Gasteiger partial charge in [-0.15, -0.1) is 11.3 Å². The van der Waals surface area contributed by atoms with E-state index in [1.165, 1.54) is 11.3 Å². The number of sulfonamides is 1. The second-order valence-corrected chi connectivity index (χ2v) is 8.80. The highest BCUT2D eigenvalue weighted by atomic mass is 32.2. The second kappa shape index (κ2) is 7.19. The Morgan fingerprint density at radius 3 is 2.81 bits per heavy atom. The summed E-state index contributed by atoms with van der Waals surface area (Å²) in [6.07, 6.45) is 2.74. The Hall–Kier alpha value is -0.470. The van der Waals surface area contributed by atoms with Crippen molar-refractivity contribution < 1.29 is 13.2 Å². The molecule has 2 N–H and O–H groups in total. The van der Waals surface area contributed by atoms with Crippen molar-refractivity contribution in [1.82, 2.24) is 10.0 Å². The van der Waals surface area contributed by atoms with Crippen LogP contribution in [0.5, 0.6) is 0 Å². The largest absolute Gasteiger partial charge is 0.380 e. The van der Waals surface area contributed by atoms with Gasteiger partial charge in [0.2, 0.25) is 10.0 Å². The maximum absolute atomic E-state index is 12.4. The number of hydrogen-bond acceptors (Lipinski definition) is 5. The molecule has 1 aliphatic rings. The van der Waals surface area contributed by atoms with Gasteiger partial charge in [-0.05, 0) is 31.4 Å². The van der Waals surface area contributed by atoms with Crippen molar-refractivity contribution in [3.8, 4) is 0 Å². The highest BCUT2D eigenvalue weighted by Crippen LogP contribution is 2.26. The molecule has 0 radical (unpaired) electrons. The van der Waals surface area contributed by atoms with Gasteiger partial charge in [0.05, 0.1) is 6.10 Å². The Morgan fingerprint density at radius 1 is 1.38 bits per heavy atom. The van der Waals surface area contributed by atoms with Gasteiger partial charge in [0.15, 0.2) is 0 Å². The van der Waals surface area contributed by atoms with Gasteiger partial charge >= 0.3 is 0 Å². The molecule has 1 heterocycles. The molecule has 7 heteroatoms. The van der Waals surface area contributed by atoms with Crippen molar-refractivity contribution in [3.05, 3.63) is 17.0 Å². The molecule has 1 aromatic heterocycles. The van der Waals surface area contributed by atoms with E-state index in [1.807, 2.05) is 6.07 Å². The van der Waals surface area contributed by atoms with Crippen LogP contribution in [0.3, 0.4) is 0 Å². The predicted octanol–water partition coefficient (Wildman–Crippen LogP) is 2.09. The lowest BCUT2D eigenvalue weighted by atomic mass is 10.2. The maximum atomic E-state index is 12.4. The first-order chi connectivity index (χ1) is 9.92. The molecule has 5 nitrogen and oxygen atoms in total. The molecule has 0 bridgehead atoms. The summed E-state index contributed by atoms with van der Waals surface area (Å²) < 4.78 is 33.4. The lowest BCUT2D eigenvalue weighted by Gasteiger charge is -2.18. The molecule has 0 saturated heterocycles. The van der Waals surface area contributed by atoms with Crippen LogP contribution in [0.4, 0.5) is 0 Å². The molecule has 2 rings (SSSR count). The van der Waals surface area contributed by atoms with Crippen LogP contribution in [-0.2, 0) is 21.3 Å². The van der Waals surface area contributed by atoms with E-state index in [9.17, 15) is 8.42 Å². The summed E-state index contributed by atoms with van der Waals surface area (Å²) in [5.41, 5.74) is 0. The molecule has 0 aromatic carbocycles. The van der Waals surface area contributed by atoms with Crippen LogP contribution in [0.15, 0.2) is 16.3 Å². The van der Waals surface area contributed by atoms with E-state index in [0.717, 1.165) is 24.1 Å². The van der Waals surface area contributed by atoms with Gasteiger partial charge in [-0.2, -0.15) is 0 Å². The third kappa shape index (κ3) is 4.50. The van der Waals surface area contributed by atoms with Gasteiger partial charge in [0.25, 0.3) is 0 Å². The summed E-state index contributed by atoms with van der Waals surface area (Å²) >= 11 is 1.32. The van der Waals surface area contributed by atoms with E-state index in [2.05, 4.69) is 23.9 Å². The molecule has 0 amide bonds. The Morgan fingerprint density at radius 2 is 2.14 bits per heavy atom. The minimum absolute atomic E-state index is 0.0122. The van der Waals surface area contributed by atoms with E-state index < -0.39 is 10.0 Å². The van der Waals surface area contributed by atoms with Crippen LogP contribution in [0.2, 0.25) is 0 Å². The molecule has 2 atom stereocenters. The first kappa shape index (κ1) is 16.9. The molecule has 1 fully saturated rings. The Labute approximate surface area is 131 Å². The lowest BCUT2D eigenvalue weighted by molar-refractivity contribution is 0.0916. The number of rotatable bonds is 7. The topological polar surface area (TPSA) is 67.4 Å². The average Bonchev–Trinajstić information content (AvgIpc) is 3.04. The normalized spacial score (nSPS) is 23.0. The summed E-state index contributed by atoms with van der Waals surface area (Å²) in [6.45, 7) is 4.83. The quantitative estimate of drug-likeness (QED) is 0.802. The molecular formula is C14H24N2O3S2. The fourth-order valence-electron chi connectivity index (χ4n) is 2.50. The van der Waals surface area contributed by atoms with Crippen LogP contribution in [0, 0.1) is 0 Å². The number of nitrogens with one attached hydrogen (secondary N) is 2.